The van der Waals surface area contributed by atoms with Crippen LogP contribution in [0, 0.1) is 0 Å². The lowest BCUT2D eigenvalue weighted by Gasteiger charge is -2.09. The van der Waals surface area contributed by atoms with Crippen LogP contribution in [-0.4, -0.2) is 22.5 Å². The number of hydrogen-bond donors (Lipinski definition) is 1. The molecule has 94 valence electrons. The van der Waals surface area contributed by atoms with Crippen molar-refractivity contribution in [3.63, 3.8) is 0 Å². The van der Waals surface area contributed by atoms with Crippen LogP contribution in [0.2, 0.25) is 0 Å². The van der Waals surface area contributed by atoms with Crippen molar-refractivity contribution >= 4 is 6.21 Å². The summed E-state index contributed by atoms with van der Waals surface area (Å²) in [6.45, 7) is 5.13. The Morgan fingerprint density at radius 2 is 2.29 bits per heavy atom. The van der Waals surface area contributed by atoms with Crippen LogP contribution in [0.1, 0.15) is 32.4 Å². The number of unbranched alkanes of at least 4 members (excludes halogenated alkanes) is 1. The summed E-state index contributed by atoms with van der Waals surface area (Å²) >= 11 is 0. The number of aryl methyl sites for hydroxylation is 1. The highest BCUT2D eigenvalue weighted by Crippen LogP contribution is 2.05. The molecule has 0 fully saturated rings. The second kappa shape index (κ2) is 6.73. The molecule has 0 atom stereocenters. The monoisotopic (exact) mass is 238 g/mol. The third-order valence-electron chi connectivity index (χ3n) is 2.28. The van der Waals surface area contributed by atoms with E-state index in [1.54, 1.807) is 4.57 Å². The standard InChI is InChI=1S/C12H18N2O3/c1-3-5-6-14-9-12(16)11(15)7-10(14)8-13-17-4-2/h7-9,16H,3-6H2,1-2H3. The molecule has 1 rings (SSSR count). The van der Waals surface area contributed by atoms with E-state index in [9.17, 15) is 9.90 Å². The second-order valence-electron chi connectivity index (χ2n) is 3.65. The highest BCUT2D eigenvalue weighted by atomic mass is 16.6. The van der Waals surface area contributed by atoms with Crippen molar-refractivity contribution in [2.24, 2.45) is 5.16 Å². The number of rotatable bonds is 6. The van der Waals surface area contributed by atoms with Crippen LogP contribution in [0.5, 0.6) is 5.75 Å². The maximum atomic E-state index is 11.3. The predicted octanol–water partition coefficient (Wildman–Crippen LogP) is 1.72. The molecule has 0 bridgehead atoms. The molecule has 0 saturated carbocycles. The lowest BCUT2D eigenvalue weighted by molar-refractivity contribution is 0.160. The maximum Gasteiger partial charge on any atom is 0.223 e. The van der Waals surface area contributed by atoms with Gasteiger partial charge in [0.2, 0.25) is 5.43 Å². The molecule has 1 aromatic heterocycles. The van der Waals surface area contributed by atoms with Gasteiger partial charge in [-0.25, -0.2) is 0 Å². The number of hydrogen-bond acceptors (Lipinski definition) is 4. The van der Waals surface area contributed by atoms with E-state index < -0.39 is 5.43 Å². The van der Waals surface area contributed by atoms with E-state index >= 15 is 0 Å². The van der Waals surface area contributed by atoms with Crippen molar-refractivity contribution in [2.75, 3.05) is 6.61 Å². The molecule has 0 aromatic carbocycles. The number of aromatic hydroxyl groups is 1. The summed E-state index contributed by atoms with van der Waals surface area (Å²) in [4.78, 5) is 16.2. The average molecular weight is 238 g/mol. The molecule has 0 radical (unpaired) electrons. The quantitative estimate of drug-likeness (QED) is 0.606. The molecule has 0 unspecified atom stereocenters. The number of aromatic nitrogens is 1. The van der Waals surface area contributed by atoms with Crippen LogP contribution in [0.15, 0.2) is 22.2 Å². The SMILES string of the molecule is CCCCn1cc(O)c(=O)cc1C=NOCC. The Balaban J connectivity index is 2.98. The van der Waals surface area contributed by atoms with Crippen molar-refractivity contribution in [3.05, 3.63) is 28.2 Å². The minimum Gasteiger partial charge on any atom is -0.503 e. The van der Waals surface area contributed by atoms with Crippen LogP contribution in [0.4, 0.5) is 0 Å². The third kappa shape index (κ3) is 3.94. The summed E-state index contributed by atoms with van der Waals surface area (Å²) in [5.41, 5.74) is 0.227. The molecule has 0 aliphatic heterocycles. The van der Waals surface area contributed by atoms with E-state index in [0.717, 1.165) is 19.4 Å². The average Bonchev–Trinajstić information content (AvgIpc) is 2.32. The fraction of sp³-hybridized carbons (Fsp3) is 0.500. The Morgan fingerprint density at radius 1 is 1.53 bits per heavy atom. The van der Waals surface area contributed by atoms with Gasteiger partial charge in [-0.15, -0.1) is 0 Å². The molecule has 0 saturated heterocycles. The third-order valence-corrected chi connectivity index (χ3v) is 2.28. The smallest absolute Gasteiger partial charge is 0.223 e. The number of pyridine rings is 1. The summed E-state index contributed by atoms with van der Waals surface area (Å²) in [5, 5.41) is 13.1. The van der Waals surface area contributed by atoms with Crippen molar-refractivity contribution in [1.29, 1.82) is 0 Å². The Labute approximate surface area is 100 Å². The van der Waals surface area contributed by atoms with Gasteiger partial charge in [0.05, 0.1) is 18.1 Å². The molecular formula is C12H18N2O3. The summed E-state index contributed by atoms with van der Waals surface area (Å²) in [5.74, 6) is -0.241. The van der Waals surface area contributed by atoms with Gasteiger partial charge in [0.1, 0.15) is 6.61 Å². The second-order valence-corrected chi connectivity index (χ2v) is 3.65. The molecule has 0 aliphatic carbocycles. The number of nitrogens with zero attached hydrogens (tertiary/aromatic N) is 2. The first-order valence-electron chi connectivity index (χ1n) is 5.77. The molecule has 17 heavy (non-hydrogen) atoms. The van der Waals surface area contributed by atoms with E-state index in [4.69, 9.17) is 4.84 Å². The Kier molecular flexibility index (Phi) is 5.26. The first-order valence-corrected chi connectivity index (χ1v) is 5.77. The van der Waals surface area contributed by atoms with E-state index in [1.807, 2.05) is 6.92 Å². The molecule has 1 aromatic rings. The first kappa shape index (κ1) is 13.3. The van der Waals surface area contributed by atoms with Gasteiger partial charge in [0.25, 0.3) is 0 Å². The largest absolute Gasteiger partial charge is 0.503 e. The van der Waals surface area contributed by atoms with Gasteiger partial charge in [-0.05, 0) is 13.3 Å². The van der Waals surface area contributed by atoms with Crippen LogP contribution in [0.25, 0.3) is 0 Å². The van der Waals surface area contributed by atoms with Gasteiger partial charge in [-0.3, -0.25) is 4.79 Å². The predicted molar refractivity (Wildman–Crippen MR) is 66.5 cm³/mol. The van der Waals surface area contributed by atoms with Crippen molar-refractivity contribution in [1.82, 2.24) is 4.57 Å². The molecule has 1 heterocycles. The van der Waals surface area contributed by atoms with Crippen LogP contribution < -0.4 is 5.43 Å². The van der Waals surface area contributed by atoms with Gasteiger partial charge in [-0.2, -0.15) is 0 Å². The lowest BCUT2D eigenvalue weighted by atomic mass is 10.3. The van der Waals surface area contributed by atoms with Crippen molar-refractivity contribution in [3.8, 4) is 5.75 Å². The van der Waals surface area contributed by atoms with Crippen LogP contribution in [-0.2, 0) is 11.4 Å². The summed E-state index contributed by atoms with van der Waals surface area (Å²) in [7, 11) is 0. The Bertz CT molecular complexity index is 438. The fourth-order valence-corrected chi connectivity index (χ4v) is 1.38. The van der Waals surface area contributed by atoms with Crippen LogP contribution >= 0.6 is 0 Å². The molecular weight excluding hydrogens is 220 g/mol. The summed E-state index contributed by atoms with van der Waals surface area (Å²) < 4.78 is 1.79. The minimum absolute atomic E-state index is 0.241. The molecule has 0 aliphatic rings. The van der Waals surface area contributed by atoms with Gasteiger partial charge >= 0.3 is 0 Å². The minimum atomic E-state index is -0.407. The van der Waals surface area contributed by atoms with Gasteiger partial charge in [0, 0.05) is 12.6 Å². The molecule has 5 heteroatoms. The zero-order valence-electron chi connectivity index (χ0n) is 10.2. The lowest BCUT2D eigenvalue weighted by Crippen LogP contribution is -2.12. The molecule has 5 nitrogen and oxygen atoms in total. The maximum absolute atomic E-state index is 11.3. The molecule has 0 spiro atoms. The van der Waals surface area contributed by atoms with Crippen molar-refractivity contribution in [2.45, 2.75) is 33.2 Å². The Hall–Kier alpha value is -1.78. The van der Waals surface area contributed by atoms with E-state index in [0.29, 0.717) is 12.3 Å². The van der Waals surface area contributed by atoms with Crippen LogP contribution in [0.3, 0.4) is 0 Å². The highest BCUT2D eigenvalue weighted by molar-refractivity contribution is 5.76. The summed E-state index contributed by atoms with van der Waals surface area (Å²) in [6.07, 6.45) is 4.93. The fourth-order valence-electron chi connectivity index (χ4n) is 1.38. The van der Waals surface area contributed by atoms with Gasteiger partial charge in [-0.1, -0.05) is 18.5 Å². The number of oxime groups is 1. The van der Waals surface area contributed by atoms with Gasteiger partial charge < -0.3 is 14.5 Å². The molecule has 1 N–H and O–H groups in total. The highest BCUT2D eigenvalue weighted by Gasteiger charge is 2.03. The van der Waals surface area contributed by atoms with Crippen molar-refractivity contribution < 1.29 is 9.94 Å². The first-order chi connectivity index (χ1) is 8.19. The van der Waals surface area contributed by atoms with E-state index in [-0.39, 0.29) is 5.75 Å². The van der Waals surface area contributed by atoms with E-state index in [2.05, 4.69) is 12.1 Å². The zero-order chi connectivity index (χ0) is 12.7. The van der Waals surface area contributed by atoms with Gasteiger partial charge in [0.15, 0.2) is 5.75 Å². The zero-order valence-corrected chi connectivity index (χ0v) is 10.2. The topological polar surface area (TPSA) is 63.8 Å². The molecule has 0 amide bonds. The van der Waals surface area contributed by atoms with E-state index in [1.165, 1.54) is 18.5 Å². The normalized spacial score (nSPS) is 10.9. The summed E-state index contributed by atoms with van der Waals surface area (Å²) in [6, 6.07) is 1.35. The Morgan fingerprint density at radius 3 is 2.94 bits per heavy atom.